The number of carbonyl (C=O) groups is 1. The van der Waals surface area contributed by atoms with Gasteiger partial charge in [-0.05, 0) is 17.7 Å². The number of ether oxygens (including phenoxy) is 3. The van der Waals surface area contributed by atoms with Gasteiger partial charge in [0.05, 0.1) is 57.4 Å². The van der Waals surface area contributed by atoms with Crippen LogP contribution in [0.4, 0.5) is 25.0 Å². The van der Waals surface area contributed by atoms with Crippen LogP contribution in [-0.4, -0.2) is 55.4 Å². The van der Waals surface area contributed by atoms with Crippen molar-refractivity contribution in [1.82, 2.24) is 14.8 Å². The summed E-state index contributed by atoms with van der Waals surface area (Å²) in [6.07, 6.45) is 5.69. The van der Waals surface area contributed by atoms with Crippen molar-refractivity contribution in [3.63, 3.8) is 0 Å². The molecule has 2 amide bonds. The lowest BCUT2D eigenvalue weighted by Crippen LogP contribution is -2.48. The Morgan fingerprint density at radius 1 is 1.05 bits per heavy atom. The number of carbonyl (C=O) groups excluding carboxylic acids is 1. The minimum absolute atomic E-state index is 0.175. The third-order valence-electron chi connectivity index (χ3n) is 6.69. The zero-order chi connectivity index (χ0) is 29.3. The summed E-state index contributed by atoms with van der Waals surface area (Å²) in [5.74, 6) is -1.98. The summed E-state index contributed by atoms with van der Waals surface area (Å²) >= 11 is 0. The van der Waals surface area contributed by atoms with Crippen LogP contribution in [0.2, 0.25) is 0 Å². The largest absolute Gasteiger partial charge is 0.497 e. The van der Waals surface area contributed by atoms with Crippen molar-refractivity contribution in [2.24, 2.45) is 10.7 Å². The Morgan fingerprint density at radius 3 is 2.32 bits per heavy atom. The monoisotopic (exact) mass is 563 g/mol. The predicted octanol–water partition coefficient (Wildman–Crippen LogP) is 4.23. The van der Waals surface area contributed by atoms with E-state index in [-0.39, 0.29) is 23.7 Å². The number of aliphatic imine (C=N–C) groups is 1. The van der Waals surface area contributed by atoms with E-state index in [9.17, 15) is 4.79 Å². The summed E-state index contributed by atoms with van der Waals surface area (Å²) in [6.45, 7) is 0.192. The summed E-state index contributed by atoms with van der Waals surface area (Å²) in [7, 11) is 5.57. The molecule has 0 saturated heterocycles. The van der Waals surface area contributed by atoms with Gasteiger partial charge in [-0.15, -0.1) is 0 Å². The van der Waals surface area contributed by atoms with E-state index in [2.05, 4.69) is 15.1 Å². The minimum atomic E-state index is -1.06. The zero-order valence-electron chi connectivity index (χ0n) is 22.8. The fourth-order valence-electron chi connectivity index (χ4n) is 4.74. The number of pyridine rings is 1. The number of urea groups is 1. The van der Waals surface area contributed by atoms with Crippen molar-refractivity contribution >= 4 is 34.7 Å². The van der Waals surface area contributed by atoms with Gasteiger partial charge >= 0.3 is 6.03 Å². The summed E-state index contributed by atoms with van der Waals surface area (Å²) in [5, 5.41) is 5.06. The number of aromatic nitrogens is 3. The van der Waals surface area contributed by atoms with Gasteiger partial charge in [0.15, 0.2) is 28.8 Å². The summed E-state index contributed by atoms with van der Waals surface area (Å²) < 4.78 is 48.1. The Labute approximate surface area is 234 Å². The maximum Gasteiger partial charge on any atom is 0.334 e. The third kappa shape index (κ3) is 4.64. The Bertz CT molecular complexity index is 1660. The normalized spacial score (nSPS) is 13.7. The molecule has 1 aliphatic heterocycles. The maximum absolute atomic E-state index is 15.5. The molecule has 3 heterocycles. The van der Waals surface area contributed by atoms with E-state index in [0.717, 1.165) is 22.3 Å². The first kappa shape index (κ1) is 27.4. The predicted molar refractivity (Wildman–Crippen MR) is 150 cm³/mol. The first-order valence-electron chi connectivity index (χ1n) is 12.4. The number of anilines is 2. The quantitative estimate of drug-likeness (QED) is 0.319. The fourth-order valence-corrected chi connectivity index (χ4v) is 4.74. The highest BCUT2D eigenvalue weighted by atomic mass is 19.1. The van der Waals surface area contributed by atoms with Gasteiger partial charge in [-0.1, -0.05) is 12.1 Å². The standard InChI is InChI=1S/C28H27F2N7O4/c1-32-12-18(10-31)37-25-17(15-35(28(37)38)26-23(29)21(40-3)9-22(41-4)24(26)30)11-33-27-20(25)13-34-36(27)14-16-5-7-19(39-2)8-6-16/h5-13H,14-15,31H2,1-4H3. The molecule has 13 heteroatoms. The Hall–Kier alpha value is -5.20. The second kappa shape index (κ2) is 11.1. The number of rotatable bonds is 8. The summed E-state index contributed by atoms with van der Waals surface area (Å²) in [6, 6.07) is 7.82. The molecule has 0 spiro atoms. The second-order valence-corrected chi connectivity index (χ2v) is 8.96. The summed E-state index contributed by atoms with van der Waals surface area (Å²) in [4.78, 5) is 24.9. The van der Waals surface area contributed by atoms with Gasteiger partial charge in [-0.25, -0.2) is 23.2 Å². The number of halogens is 2. The average Bonchev–Trinajstić information content (AvgIpc) is 3.39. The highest BCUT2D eigenvalue weighted by molar-refractivity contribution is 6.16. The van der Waals surface area contributed by atoms with E-state index in [1.165, 1.54) is 38.6 Å². The number of amides is 2. The van der Waals surface area contributed by atoms with E-state index in [4.69, 9.17) is 19.9 Å². The number of methoxy groups -OCH3 is 3. The highest BCUT2D eigenvalue weighted by Gasteiger charge is 2.39. The molecule has 41 heavy (non-hydrogen) atoms. The zero-order valence-corrected chi connectivity index (χ0v) is 22.8. The van der Waals surface area contributed by atoms with E-state index in [1.807, 2.05) is 24.3 Å². The molecule has 0 bridgehead atoms. The van der Waals surface area contributed by atoms with Gasteiger partial charge in [0.25, 0.3) is 0 Å². The molecule has 11 nitrogen and oxygen atoms in total. The van der Waals surface area contributed by atoms with Crippen LogP contribution in [0, 0.1) is 11.6 Å². The Morgan fingerprint density at radius 2 is 1.73 bits per heavy atom. The number of allylic oxidation sites excluding steroid dienone is 1. The van der Waals surface area contributed by atoms with E-state index < -0.39 is 23.4 Å². The molecule has 2 aromatic carbocycles. The van der Waals surface area contributed by atoms with Crippen LogP contribution in [0.1, 0.15) is 11.1 Å². The summed E-state index contributed by atoms with van der Waals surface area (Å²) in [5.41, 5.74) is 7.82. The van der Waals surface area contributed by atoms with E-state index >= 15 is 8.78 Å². The molecule has 5 rings (SSSR count). The number of fused-ring (bicyclic) bond motifs is 3. The number of benzene rings is 2. The van der Waals surface area contributed by atoms with Crippen molar-refractivity contribution in [2.75, 3.05) is 38.2 Å². The molecule has 4 aromatic rings. The van der Waals surface area contributed by atoms with Crippen molar-refractivity contribution in [2.45, 2.75) is 13.1 Å². The molecule has 0 unspecified atom stereocenters. The molecule has 1 aliphatic rings. The SMILES string of the molecule is CN=CC(=CN)N1C(=O)N(c2c(F)c(OC)cc(OC)c2F)Cc2cnc3c(cnn3Cc3ccc(OC)cc3)c21. The smallest absolute Gasteiger partial charge is 0.334 e. The first-order valence-corrected chi connectivity index (χ1v) is 12.4. The molecule has 0 radical (unpaired) electrons. The molecule has 0 saturated carbocycles. The lowest BCUT2D eigenvalue weighted by Gasteiger charge is -2.37. The molecule has 0 fully saturated rings. The lowest BCUT2D eigenvalue weighted by molar-refractivity contribution is 0.251. The molecule has 2 N–H and O–H groups in total. The minimum Gasteiger partial charge on any atom is -0.497 e. The van der Waals surface area contributed by atoms with Crippen LogP contribution in [0.15, 0.2) is 59.6 Å². The number of nitrogens with two attached hydrogens (primary N) is 1. The van der Waals surface area contributed by atoms with Crippen molar-refractivity contribution in [1.29, 1.82) is 0 Å². The highest BCUT2D eigenvalue weighted by Crippen LogP contribution is 2.43. The van der Waals surface area contributed by atoms with Gasteiger partial charge in [-0.3, -0.25) is 14.8 Å². The van der Waals surface area contributed by atoms with Gasteiger partial charge in [0.2, 0.25) is 0 Å². The van der Waals surface area contributed by atoms with Gasteiger partial charge in [0.1, 0.15) is 11.4 Å². The molecule has 0 aliphatic carbocycles. The Balaban J connectivity index is 1.67. The van der Waals surface area contributed by atoms with Crippen LogP contribution < -0.4 is 29.7 Å². The topological polar surface area (TPSA) is 120 Å². The second-order valence-electron chi connectivity index (χ2n) is 8.96. The van der Waals surface area contributed by atoms with E-state index in [1.54, 1.807) is 24.2 Å². The Kier molecular flexibility index (Phi) is 7.42. The van der Waals surface area contributed by atoms with Crippen LogP contribution in [0.25, 0.3) is 11.0 Å². The number of hydrogen-bond acceptors (Lipinski definition) is 8. The fraction of sp³-hybridized carbons (Fsp3) is 0.214. The maximum atomic E-state index is 15.5. The van der Waals surface area contributed by atoms with Crippen LogP contribution in [0.5, 0.6) is 17.2 Å². The van der Waals surface area contributed by atoms with Crippen LogP contribution >= 0.6 is 0 Å². The molecule has 2 aromatic heterocycles. The third-order valence-corrected chi connectivity index (χ3v) is 6.69. The number of hydrogen-bond donors (Lipinski definition) is 1. The lowest BCUT2D eigenvalue weighted by atomic mass is 10.1. The molecule has 212 valence electrons. The van der Waals surface area contributed by atoms with Crippen molar-refractivity contribution < 1.29 is 27.8 Å². The van der Waals surface area contributed by atoms with Crippen molar-refractivity contribution in [3.8, 4) is 17.2 Å². The molecule has 0 atom stereocenters. The van der Waals surface area contributed by atoms with Crippen molar-refractivity contribution in [3.05, 3.63) is 77.4 Å². The van der Waals surface area contributed by atoms with Crippen LogP contribution in [-0.2, 0) is 13.1 Å². The van der Waals surface area contributed by atoms with Gasteiger partial charge in [0, 0.05) is 37.3 Å². The van der Waals surface area contributed by atoms with E-state index in [0.29, 0.717) is 28.8 Å². The number of nitrogens with zero attached hydrogens (tertiary/aromatic N) is 6. The molecular weight excluding hydrogens is 536 g/mol. The van der Waals surface area contributed by atoms with Gasteiger partial charge < -0.3 is 19.9 Å². The average molecular weight is 564 g/mol. The first-order chi connectivity index (χ1) is 19.9. The van der Waals surface area contributed by atoms with Gasteiger partial charge in [-0.2, -0.15) is 5.10 Å². The van der Waals surface area contributed by atoms with Crippen LogP contribution in [0.3, 0.4) is 0 Å². The molecular formula is C28H27F2N7O4.